The predicted octanol–water partition coefficient (Wildman–Crippen LogP) is 3.84. The van der Waals surface area contributed by atoms with Crippen LogP contribution in [0.2, 0.25) is 0 Å². The number of methoxy groups -OCH3 is 1. The van der Waals surface area contributed by atoms with Gasteiger partial charge in [0.05, 0.1) is 12.5 Å². The number of hydrogen-bond acceptors (Lipinski definition) is 6. The summed E-state index contributed by atoms with van der Waals surface area (Å²) in [6, 6.07) is 10.1. The molecule has 0 bridgehead atoms. The Kier molecular flexibility index (Phi) is 5.55. The molecule has 1 atom stereocenters. The number of carbonyl (C=O) groups excluding carboxylic acids is 1. The zero-order chi connectivity index (χ0) is 19.7. The molecule has 0 spiro atoms. The van der Waals surface area contributed by atoms with Gasteiger partial charge in [0.25, 0.3) is 5.56 Å². The van der Waals surface area contributed by atoms with E-state index in [1.165, 1.54) is 34.9 Å². The van der Waals surface area contributed by atoms with Gasteiger partial charge in [0, 0.05) is 11.4 Å². The molecule has 1 aliphatic carbocycles. The molecule has 0 radical (unpaired) electrons. The van der Waals surface area contributed by atoms with Crippen molar-refractivity contribution in [2.75, 3.05) is 7.11 Å². The van der Waals surface area contributed by atoms with E-state index >= 15 is 0 Å². The SMILES string of the molecule is COC(=O)C(C)Sc1nc2sc3c(c2c(=O)n1CCc1ccccc1)CCC3. The Morgan fingerprint density at radius 3 is 2.86 bits per heavy atom. The minimum Gasteiger partial charge on any atom is -0.468 e. The van der Waals surface area contributed by atoms with Crippen LogP contribution in [0.1, 0.15) is 29.3 Å². The number of fused-ring (bicyclic) bond motifs is 3. The maximum Gasteiger partial charge on any atom is 0.318 e. The second kappa shape index (κ2) is 8.09. The first-order chi connectivity index (χ1) is 13.6. The Hall–Kier alpha value is -2.12. The molecule has 0 fully saturated rings. The minimum absolute atomic E-state index is 0.0138. The molecule has 1 unspecified atom stereocenters. The Morgan fingerprint density at radius 2 is 2.11 bits per heavy atom. The number of nitrogens with zero attached hydrogens (tertiary/aromatic N) is 2. The van der Waals surface area contributed by atoms with Gasteiger partial charge in [0.15, 0.2) is 5.16 Å². The zero-order valence-electron chi connectivity index (χ0n) is 15.9. The highest BCUT2D eigenvalue weighted by molar-refractivity contribution is 8.00. The number of benzene rings is 1. The van der Waals surface area contributed by atoms with E-state index in [-0.39, 0.29) is 11.5 Å². The zero-order valence-corrected chi connectivity index (χ0v) is 17.6. The molecule has 0 aliphatic heterocycles. The third-order valence-corrected chi connectivity index (χ3v) is 7.33. The van der Waals surface area contributed by atoms with Gasteiger partial charge in [0.1, 0.15) is 10.1 Å². The summed E-state index contributed by atoms with van der Waals surface area (Å²) in [5, 5.41) is 0.941. The number of rotatable bonds is 6. The Morgan fingerprint density at radius 1 is 1.32 bits per heavy atom. The van der Waals surface area contributed by atoms with Crippen LogP contribution in [0.5, 0.6) is 0 Å². The minimum atomic E-state index is -0.427. The largest absolute Gasteiger partial charge is 0.468 e. The first-order valence-electron chi connectivity index (χ1n) is 9.42. The molecule has 0 N–H and O–H groups in total. The normalized spacial score (nSPS) is 14.2. The van der Waals surface area contributed by atoms with Gasteiger partial charge in [0.2, 0.25) is 0 Å². The highest BCUT2D eigenvalue weighted by atomic mass is 32.2. The molecule has 0 saturated carbocycles. The lowest BCUT2D eigenvalue weighted by Gasteiger charge is -2.15. The van der Waals surface area contributed by atoms with Crippen molar-refractivity contribution in [3.05, 3.63) is 56.7 Å². The number of aryl methyl sites for hydroxylation is 3. The summed E-state index contributed by atoms with van der Waals surface area (Å²) in [5.74, 6) is -0.317. The molecule has 2 heterocycles. The lowest BCUT2D eigenvalue weighted by Crippen LogP contribution is -2.26. The Bertz CT molecular complexity index is 1070. The third-order valence-electron chi connectivity index (χ3n) is 5.07. The Labute approximate surface area is 171 Å². The molecule has 146 valence electrons. The van der Waals surface area contributed by atoms with Gasteiger partial charge < -0.3 is 4.74 Å². The molecule has 4 rings (SSSR count). The molecule has 1 aromatic carbocycles. The molecular weight excluding hydrogens is 392 g/mol. The average Bonchev–Trinajstić information content (AvgIpc) is 3.28. The monoisotopic (exact) mass is 414 g/mol. The molecule has 0 amide bonds. The van der Waals surface area contributed by atoms with Crippen LogP contribution in [-0.2, 0) is 35.3 Å². The quantitative estimate of drug-likeness (QED) is 0.348. The highest BCUT2D eigenvalue weighted by Crippen LogP contribution is 2.36. The van der Waals surface area contributed by atoms with Crippen LogP contribution in [0.25, 0.3) is 10.2 Å². The average molecular weight is 415 g/mol. The van der Waals surface area contributed by atoms with E-state index in [9.17, 15) is 9.59 Å². The van der Waals surface area contributed by atoms with Crippen LogP contribution < -0.4 is 5.56 Å². The number of aromatic nitrogens is 2. The van der Waals surface area contributed by atoms with Crippen molar-refractivity contribution in [3.8, 4) is 0 Å². The van der Waals surface area contributed by atoms with Gasteiger partial charge in [-0.1, -0.05) is 42.1 Å². The van der Waals surface area contributed by atoms with Crippen molar-refractivity contribution in [1.29, 1.82) is 0 Å². The van der Waals surface area contributed by atoms with E-state index in [4.69, 9.17) is 9.72 Å². The van der Waals surface area contributed by atoms with Crippen molar-refractivity contribution >= 4 is 39.3 Å². The fraction of sp³-hybridized carbons (Fsp3) is 0.381. The number of ether oxygens (including phenoxy) is 1. The molecule has 5 nitrogen and oxygen atoms in total. The summed E-state index contributed by atoms with van der Waals surface area (Å²) in [4.78, 5) is 32.2. The van der Waals surface area contributed by atoms with E-state index in [2.05, 4.69) is 12.1 Å². The number of esters is 1. The van der Waals surface area contributed by atoms with Gasteiger partial charge in [-0.25, -0.2) is 4.98 Å². The van der Waals surface area contributed by atoms with E-state index in [0.29, 0.717) is 11.7 Å². The van der Waals surface area contributed by atoms with Crippen molar-refractivity contribution in [1.82, 2.24) is 9.55 Å². The van der Waals surface area contributed by atoms with E-state index < -0.39 is 5.25 Å². The standard InChI is InChI=1S/C21H22N2O3S2/c1-13(20(25)26-2)27-21-22-18-17(15-9-6-10-16(15)28-18)19(24)23(21)12-11-14-7-4-3-5-8-14/h3-5,7-8,13H,6,9-12H2,1-2H3. The van der Waals surface area contributed by atoms with Gasteiger partial charge in [-0.15, -0.1) is 11.3 Å². The van der Waals surface area contributed by atoms with Gasteiger partial charge >= 0.3 is 5.97 Å². The van der Waals surface area contributed by atoms with E-state index in [1.807, 2.05) is 18.2 Å². The van der Waals surface area contributed by atoms with Crippen LogP contribution in [0.15, 0.2) is 40.3 Å². The van der Waals surface area contributed by atoms with Crippen molar-refractivity contribution in [3.63, 3.8) is 0 Å². The van der Waals surface area contributed by atoms with E-state index in [1.54, 1.807) is 22.8 Å². The Balaban J connectivity index is 1.76. The first kappa shape index (κ1) is 19.2. The number of thiophene rings is 1. The lowest BCUT2D eigenvalue weighted by molar-refractivity contribution is -0.139. The van der Waals surface area contributed by atoms with Gasteiger partial charge in [-0.3, -0.25) is 14.2 Å². The van der Waals surface area contributed by atoms with Crippen molar-refractivity contribution < 1.29 is 9.53 Å². The van der Waals surface area contributed by atoms with Gasteiger partial charge in [-0.2, -0.15) is 0 Å². The molecule has 3 aromatic rings. The maximum atomic E-state index is 13.4. The second-order valence-electron chi connectivity index (χ2n) is 6.91. The number of thioether (sulfide) groups is 1. The van der Waals surface area contributed by atoms with E-state index in [0.717, 1.165) is 35.9 Å². The topological polar surface area (TPSA) is 61.2 Å². The highest BCUT2D eigenvalue weighted by Gasteiger charge is 2.25. The van der Waals surface area contributed by atoms with Crippen LogP contribution in [0.3, 0.4) is 0 Å². The third kappa shape index (κ3) is 3.61. The van der Waals surface area contributed by atoms with Crippen LogP contribution in [0.4, 0.5) is 0 Å². The molecule has 2 aromatic heterocycles. The number of hydrogen-bond donors (Lipinski definition) is 0. The molecule has 1 aliphatic rings. The maximum absolute atomic E-state index is 13.4. The summed E-state index contributed by atoms with van der Waals surface area (Å²) < 4.78 is 6.59. The van der Waals surface area contributed by atoms with Crippen molar-refractivity contribution in [2.24, 2.45) is 0 Å². The molecule has 28 heavy (non-hydrogen) atoms. The summed E-state index contributed by atoms with van der Waals surface area (Å²) in [6.45, 7) is 2.31. The lowest BCUT2D eigenvalue weighted by atomic mass is 10.1. The van der Waals surface area contributed by atoms with Crippen LogP contribution in [0, 0.1) is 0 Å². The summed E-state index contributed by atoms with van der Waals surface area (Å²) in [7, 11) is 1.38. The van der Waals surface area contributed by atoms with Crippen LogP contribution >= 0.6 is 23.1 Å². The fourth-order valence-corrected chi connectivity index (χ4v) is 5.87. The summed E-state index contributed by atoms with van der Waals surface area (Å²) in [5.41, 5.74) is 2.37. The number of carbonyl (C=O) groups is 1. The van der Waals surface area contributed by atoms with Gasteiger partial charge in [-0.05, 0) is 43.7 Å². The summed E-state index contributed by atoms with van der Waals surface area (Å²) in [6.07, 6.45) is 3.83. The molecule has 0 saturated heterocycles. The molecule has 7 heteroatoms. The van der Waals surface area contributed by atoms with Crippen LogP contribution in [-0.4, -0.2) is 27.9 Å². The summed E-state index contributed by atoms with van der Waals surface area (Å²) >= 11 is 2.92. The smallest absolute Gasteiger partial charge is 0.318 e. The first-order valence-corrected chi connectivity index (χ1v) is 11.1. The fourth-order valence-electron chi connectivity index (χ4n) is 3.60. The van der Waals surface area contributed by atoms with Crippen molar-refractivity contribution in [2.45, 2.75) is 49.6 Å². The predicted molar refractivity (Wildman–Crippen MR) is 113 cm³/mol. The second-order valence-corrected chi connectivity index (χ2v) is 9.30. The molecular formula is C21H22N2O3S2.